The average Bonchev–Trinajstić information content (AvgIpc) is 2.97. The summed E-state index contributed by atoms with van der Waals surface area (Å²) in [5, 5.41) is 21.6. The Kier molecular flexibility index (Phi) is 3.00. The van der Waals surface area contributed by atoms with Crippen LogP contribution in [-0.4, -0.2) is 20.1 Å². The number of nitrogens with one attached hydrogen (secondary N) is 2. The molecule has 3 aromatic rings. The maximum absolute atomic E-state index is 11.1. The molecule has 3 rings (SSSR count). The number of aromatic amines is 1. The van der Waals surface area contributed by atoms with Gasteiger partial charge < -0.3 is 5.32 Å². The van der Waals surface area contributed by atoms with E-state index in [0.717, 1.165) is 11.1 Å². The Morgan fingerprint density at radius 2 is 2.15 bits per heavy atom. The Morgan fingerprint density at radius 1 is 1.30 bits per heavy atom. The summed E-state index contributed by atoms with van der Waals surface area (Å²) in [6, 6.07) is 9.11. The van der Waals surface area contributed by atoms with Crippen molar-refractivity contribution in [3.8, 4) is 0 Å². The van der Waals surface area contributed by atoms with Crippen LogP contribution in [0.25, 0.3) is 10.9 Å². The molecule has 7 nitrogen and oxygen atoms in total. The largest absolute Gasteiger partial charge is 0.373 e. The van der Waals surface area contributed by atoms with Gasteiger partial charge in [0.25, 0.3) is 0 Å². The Hall–Kier alpha value is -2.96. The van der Waals surface area contributed by atoms with Gasteiger partial charge in [0.1, 0.15) is 11.9 Å². The second-order valence-corrected chi connectivity index (χ2v) is 4.23. The SMILES string of the molecule is O=[N+]([O-])c1cnc2ccccc2c1NCc1ccn[nH]1. The van der Waals surface area contributed by atoms with Gasteiger partial charge in [-0.1, -0.05) is 18.2 Å². The summed E-state index contributed by atoms with van der Waals surface area (Å²) < 4.78 is 0. The Bertz CT molecular complexity index is 755. The van der Waals surface area contributed by atoms with E-state index in [-0.39, 0.29) is 5.69 Å². The van der Waals surface area contributed by atoms with Crippen LogP contribution in [0.4, 0.5) is 11.4 Å². The quantitative estimate of drug-likeness (QED) is 0.560. The number of anilines is 1. The fraction of sp³-hybridized carbons (Fsp3) is 0.0769. The highest BCUT2D eigenvalue weighted by atomic mass is 16.6. The average molecular weight is 269 g/mol. The van der Waals surface area contributed by atoms with Crippen LogP contribution in [0, 0.1) is 10.1 Å². The van der Waals surface area contributed by atoms with Crippen LogP contribution in [0.2, 0.25) is 0 Å². The van der Waals surface area contributed by atoms with E-state index in [1.54, 1.807) is 6.20 Å². The number of benzene rings is 1. The summed E-state index contributed by atoms with van der Waals surface area (Å²) in [5.74, 6) is 0. The Morgan fingerprint density at radius 3 is 2.90 bits per heavy atom. The molecule has 20 heavy (non-hydrogen) atoms. The van der Waals surface area contributed by atoms with Crippen molar-refractivity contribution in [2.24, 2.45) is 0 Å². The standard InChI is InChI=1S/C13H11N5O2/c19-18(20)12-8-14-11-4-2-1-3-10(11)13(12)15-7-9-5-6-16-17-9/h1-6,8H,7H2,(H,14,15)(H,16,17). The first-order valence-electron chi connectivity index (χ1n) is 6.00. The molecule has 0 atom stereocenters. The first-order chi connectivity index (χ1) is 9.75. The number of fused-ring (bicyclic) bond motifs is 1. The molecule has 0 saturated carbocycles. The van der Waals surface area contributed by atoms with Crippen LogP contribution < -0.4 is 5.32 Å². The second-order valence-electron chi connectivity index (χ2n) is 4.23. The van der Waals surface area contributed by atoms with Gasteiger partial charge in [0.05, 0.1) is 22.7 Å². The fourth-order valence-electron chi connectivity index (χ4n) is 2.02. The van der Waals surface area contributed by atoms with Crippen LogP contribution in [0.5, 0.6) is 0 Å². The summed E-state index contributed by atoms with van der Waals surface area (Å²) in [6.45, 7) is 0.425. The van der Waals surface area contributed by atoms with Crippen LogP contribution >= 0.6 is 0 Å². The van der Waals surface area contributed by atoms with Gasteiger partial charge in [-0.25, -0.2) is 4.98 Å². The van der Waals surface area contributed by atoms with E-state index in [2.05, 4.69) is 20.5 Å². The van der Waals surface area contributed by atoms with E-state index in [1.807, 2.05) is 30.3 Å². The van der Waals surface area contributed by atoms with Crippen molar-refractivity contribution >= 4 is 22.3 Å². The van der Waals surface area contributed by atoms with Gasteiger partial charge in [0.2, 0.25) is 0 Å². The molecule has 1 aromatic carbocycles. The zero-order chi connectivity index (χ0) is 13.9. The summed E-state index contributed by atoms with van der Waals surface area (Å²) in [4.78, 5) is 14.8. The van der Waals surface area contributed by atoms with Crippen molar-refractivity contribution in [2.75, 3.05) is 5.32 Å². The number of hydrogen-bond donors (Lipinski definition) is 2. The number of H-pyrrole nitrogens is 1. The maximum Gasteiger partial charge on any atom is 0.311 e. The highest BCUT2D eigenvalue weighted by Crippen LogP contribution is 2.31. The summed E-state index contributed by atoms with van der Waals surface area (Å²) in [5.41, 5.74) is 1.99. The number of hydrogen-bond acceptors (Lipinski definition) is 5. The third-order valence-electron chi connectivity index (χ3n) is 2.97. The third kappa shape index (κ3) is 2.16. The molecule has 0 aliphatic heterocycles. The molecule has 0 spiro atoms. The first kappa shape index (κ1) is 12.1. The van der Waals surface area contributed by atoms with E-state index in [0.29, 0.717) is 17.7 Å². The molecule has 2 N–H and O–H groups in total. The van der Waals surface area contributed by atoms with E-state index < -0.39 is 4.92 Å². The van der Waals surface area contributed by atoms with Gasteiger partial charge in [-0.15, -0.1) is 0 Å². The smallest absolute Gasteiger partial charge is 0.311 e. The molecule has 0 radical (unpaired) electrons. The Labute approximate surface area is 113 Å². The molecule has 0 unspecified atom stereocenters. The van der Waals surface area contributed by atoms with Gasteiger partial charge in [-0.05, 0) is 12.1 Å². The van der Waals surface area contributed by atoms with Crippen molar-refractivity contribution in [3.63, 3.8) is 0 Å². The van der Waals surface area contributed by atoms with Gasteiger partial charge in [0, 0.05) is 11.6 Å². The lowest BCUT2D eigenvalue weighted by Gasteiger charge is -2.09. The van der Waals surface area contributed by atoms with Crippen LogP contribution in [0.1, 0.15) is 5.69 Å². The van der Waals surface area contributed by atoms with E-state index in [4.69, 9.17) is 0 Å². The molecule has 0 fully saturated rings. The molecule has 7 heteroatoms. The molecule has 100 valence electrons. The summed E-state index contributed by atoms with van der Waals surface area (Å²) in [7, 11) is 0. The predicted octanol–water partition coefficient (Wildman–Crippen LogP) is 2.48. The second kappa shape index (κ2) is 4.96. The molecule has 2 heterocycles. The molecule has 2 aromatic heterocycles. The molecule has 0 aliphatic carbocycles. The normalized spacial score (nSPS) is 10.6. The van der Waals surface area contributed by atoms with Crippen LogP contribution in [-0.2, 0) is 6.54 Å². The van der Waals surface area contributed by atoms with Gasteiger partial charge in [-0.2, -0.15) is 5.10 Å². The van der Waals surface area contributed by atoms with Crippen molar-refractivity contribution < 1.29 is 4.92 Å². The number of aromatic nitrogens is 3. The summed E-state index contributed by atoms with van der Waals surface area (Å²) in [6.07, 6.45) is 2.91. The molecule has 0 amide bonds. The van der Waals surface area contributed by atoms with Gasteiger partial charge >= 0.3 is 5.69 Å². The maximum atomic E-state index is 11.1. The number of para-hydroxylation sites is 1. The molecule has 0 saturated heterocycles. The number of nitrogens with zero attached hydrogens (tertiary/aromatic N) is 3. The molecular weight excluding hydrogens is 258 g/mol. The molecular formula is C13H11N5O2. The number of rotatable bonds is 4. The monoisotopic (exact) mass is 269 g/mol. The topological polar surface area (TPSA) is 96.7 Å². The van der Waals surface area contributed by atoms with Crippen LogP contribution in [0.15, 0.2) is 42.7 Å². The van der Waals surface area contributed by atoms with Crippen molar-refractivity contribution in [1.82, 2.24) is 15.2 Å². The number of pyridine rings is 1. The summed E-state index contributed by atoms with van der Waals surface area (Å²) >= 11 is 0. The van der Waals surface area contributed by atoms with E-state index in [1.165, 1.54) is 6.20 Å². The van der Waals surface area contributed by atoms with Crippen LogP contribution in [0.3, 0.4) is 0 Å². The lowest BCUT2D eigenvalue weighted by Crippen LogP contribution is -2.04. The zero-order valence-corrected chi connectivity index (χ0v) is 10.4. The van der Waals surface area contributed by atoms with Crippen molar-refractivity contribution in [3.05, 3.63) is 58.5 Å². The number of nitro groups is 1. The first-order valence-corrected chi connectivity index (χ1v) is 6.00. The highest BCUT2D eigenvalue weighted by Gasteiger charge is 2.17. The minimum absolute atomic E-state index is 0.0387. The lowest BCUT2D eigenvalue weighted by atomic mass is 10.1. The third-order valence-corrected chi connectivity index (χ3v) is 2.97. The van der Waals surface area contributed by atoms with Crippen molar-refractivity contribution in [1.29, 1.82) is 0 Å². The van der Waals surface area contributed by atoms with Crippen molar-refractivity contribution in [2.45, 2.75) is 6.54 Å². The zero-order valence-electron chi connectivity index (χ0n) is 10.4. The molecule has 0 bridgehead atoms. The fourth-order valence-corrected chi connectivity index (χ4v) is 2.02. The predicted molar refractivity (Wildman–Crippen MR) is 74.3 cm³/mol. The van der Waals surface area contributed by atoms with Gasteiger partial charge in [-0.3, -0.25) is 15.2 Å². The van der Waals surface area contributed by atoms with Gasteiger partial charge in [0.15, 0.2) is 0 Å². The van der Waals surface area contributed by atoms with E-state index in [9.17, 15) is 10.1 Å². The lowest BCUT2D eigenvalue weighted by molar-refractivity contribution is -0.384. The minimum Gasteiger partial charge on any atom is -0.373 e. The minimum atomic E-state index is -0.436. The highest BCUT2D eigenvalue weighted by molar-refractivity contribution is 5.95. The molecule has 0 aliphatic rings. The Balaban J connectivity index is 2.05. The van der Waals surface area contributed by atoms with E-state index >= 15 is 0 Å².